The SMILES string of the molecule is CCN(CC)CCN1C(=O)CC(=O)N(CC)C1=O. The fourth-order valence-electron chi connectivity index (χ4n) is 1.99. The fraction of sp³-hybridized carbons (Fsp3) is 0.750. The molecule has 1 aliphatic rings. The number of hydrogen-bond acceptors (Lipinski definition) is 4. The predicted molar refractivity (Wildman–Crippen MR) is 66.9 cm³/mol. The van der Waals surface area contributed by atoms with Gasteiger partial charge in [0.25, 0.3) is 0 Å². The highest BCUT2D eigenvalue weighted by Gasteiger charge is 2.36. The first-order valence-electron chi connectivity index (χ1n) is 6.42. The topological polar surface area (TPSA) is 60.9 Å². The highest BCUT2D eigenvalue weighted by Crippen LogP contribution is 2.11. The Morgan fingerprint density at radius 3 is 2.06 bits per heavy atom. The van der Waals surface area contributed by atoms with Crippen molar-refractivity contribution in [2.24, 2.45) is 0 Å². The summed E-state index contributed by atoms with van der Waals surface area (Å²) in [5, 5.41) is 0. The van der Waals surface area contributed by atoms with Gasteiger partial charge in [0.1, 0.15) is 6.42 Å². The molecule has 102 valence electrons. The van der Waals surface area contributed by atoms with Crippen LogP contribution in [0.2, 0.25) is 0 Å². The van der Waals surface area contributed by atoms with Gasteiger partial charge >= 0.3 is 6.03 Å². The van der Waals surface area contributed by atoms with E-state index < -0.39 is 11.9 Å². The number of hydrogen-bond donors (Lipinski definition) is 0. The average Bonchev–Trinajstić information content (AvgIpc) is 2.34. The third-order valence-corrected chi connectivity index (χ3v) is 3.22. The van der Waals surface area contributed by atoms with Crippen LogP contribution >= 0.6 is 0 Å². The summed E-state index contributed by atoms with van der Waals surface area (Å²) in [6.45, 7) is 8.86. The van der Waals surface area contributed by atoms with Crippen LogP contribution in [0.3, 0.4) is 0 Å². The molecule has 0 spiro atoms. The van der Waals surface area contributed by atoms with Gasteiger partial charge in [0.2, 0.25) is 11.8 Å². The molecule has 1 fully saturated rings. The van der Waals surface area contributed by atoms with Crippen LogP contribution in [0.1, 0.15) is 27.2 Å². The van der Waals surface area contributed by atoms with Gasteiger partial charge in [-0.2, -0.15) is 0 Å². The van der Waals surface area contributed by atoms with Crippen LogP contribution in [0.4, 0.5) is 4.79 Å². The Morgan fingerprint density at radius 2 is 1.56 bits per heavy atom. The first-order chi connectivity index (χ1) is 8.54. The third-order valence-electron chi connectivity index (χ3n) is 3.22. The maximum atomic E-state index is 12.0. The van der Waals surface area contributed by atoms with Crippen molar-refractivity contribution >= 4 is 17.8 Å². The highest BCUT2D eigenvalue weighted by molar-refractivity contribution is 6.14. The second-order valence-electron chi connectivity index (χ2n) is 4.17. The number of amides is 4. The monoisotopic (exact) mass is 255 g/mol. The van der Waals surface area contributed by atoms with Crippen LogP contribution in [-0.4, -0.2) is 65.3 Å². The van der Waals surface area contributed by atoms with Crippen molar-refractivity contribution in [1.82, 2.24) is 14.7 Å². The molecular weight excluding hydrogens is 234 g/mol. The van der Waals surface area contributed by atoms with Crippen LogP contribution < -0.4 is 0 Å². The van der Waals surface area contributed by atoms with Crippen molar-refractivity contribution in [2.75, 3.05) is 32.7 Å². The summed E-state index contributed by atoms with van der Waals surface area (Å²) in [7, 11) is 0. The zero-order valence-electron chi connectivity index (χ0n) is 11.3. The van der Waals surface area contributed by atoms with Gasteiger partial charge in [0.15, 0.2) is 0 Å². The number of carbonyl (C=O) groups excluding carboxylic acids is 3. The second kappa shape index (κ2) is 6.49. The summed E-state index contributed by atoms with van der Waals surface area (Å²) >= 11 is 0. The molecular formula is C12H21N3O3. The van der Waals surface area contributed by atoms with E-state index >= 15 is 0 Å². The summed E-state index contributed by atoms with van der Waals surface area (Å²) in [5.74, 6) is -0.784. The van der Waals surface area contributed by atoms with E-state index in [1.54, 1.807) is 6.92 Å². The molecule has 0 aromatic carbocycles. The quantitative estimate of drug-likeness (QED) is 0.650. The van der Waals surface area contributed by atoms with Crippen molar-refractivity contribution in [3.63, 3.8) is 0 Å². The molecule has 1 heterocycles. The van der Waals surface area contributed by atoms with E-state index in [9.17, 15) is 14.4 Å². The first-order valence-corrected chi connectivity index (χ1v) is 6.42. The van der Waals surface area contributed by atoms with Gasteiger partial charge in [-0.1, -0.05) is 13.8 Å². The molecule has 0 unspecified atom stereocenters. The minimum atomic E-state index is -0.481. The van der Waals surface area contributed by atoms with Gasteiger partial charge in [0.05, 0.1) is 0 Å². The van der Waals surface area contributed by atoms with E-state index in [1.807, 2.05) is 13.8 Å². The summed E-state index contributed by atoms with van der Waals surface area (Å²) in [4.78, 5) is 39.6. The summed E-state index contributed by atoms with van der Waals surface area (Å²) in [5.41, 5.74) is 0. The van der Waals surface area contributed by atoms with E-state index in [4.69, 9.17) is 0 Å². The van der Waals surface area contributed by atoms with E-state index in [1.165, 1.54) is 4.90 Å². The van der Waals surface area contributed by atoms with Crippen LogP contribution in [0.25, 0.3) is 0 Å². The van der Waals surface area contributed by atoms with Gasteiger partial charge in [-0.3, -0.25) is 19.4 Å². The minimum Gasteiger partial charge on any atom is -0.302 e. The average molecular weight is 255 g/mol. The van der Waals surface area contributed by atoms with E-state index in [2.05, 4.69) is 4.90 Å². The maximum Gasteiger partial charge on any atom is 0.333 e. The minimum absolute atomic E-state index is 0.197. The van der Waals surface area contributed by atoms with Crippen LogP contribution in [0.5, 0.6) is 0 Å². The van der Waals surface area contributed by atoms with Crippen molar-refractivity contribution in [3.8, 4) is 0 Å². The van der Waals surface area contributed by atoms with Crippen LogP contribution in [0, 0.1) is 0 Å². The molecule has 1 saturated heterocycles. The first kappa shape index (κ1) is 14.6. The molecule has 1 rings (SSSR count). The number of likely N-dealkylation sites (N-methyl/N-ethyl adjacent to an activating group) is 1. The molecule has 1 aliphatic heterocycles. The fourth-order valence-corrected chi connectivity index (χ4v) is 1.99. The Morgan fingerprint density at radius 1 is 1.00 bits per heavy atom. The standard InChI is InChI=1S/C12H21N3O3/c1-4-13(5-2)7-8-15-11(17)9-10(16)14(6-3)12(15)18/h4-9H2,1-3H3. The molecule has 4 amide bonds. The molecule has 0 aromatic heterocycles. The molecule has 0 atom stereocenters. The number of rotatable bonds is 6. The lowest BCUT2D eigenvalue weighted by Crippen LogP contribution is -2.56. The van der Waals surface area contributed by atoms with Crippen molar-refractivity contribution in [3.05, 3.63) is 0 Å². The highest BCUT2D eigenvalue weighted by atomic mass is 16.2. The summed E-state index contributed by atoms with van der Waals surface area (Å²) in [6, 6.07) is -0.481. The molecule has 0 radical (unpaired) electrons. The molecule has 0 aromatic rings. The largest absolute Gasteiger partial charge is 0.333 e. The molecule has 6 nitrogen and oxygen atoms in total. The van der Waals surface area contributed by atoms with Crippen molar-refractivity contribution in [2.45, 2.75) is 27.2 Å². The lowest BCUT2D eigenvalue weighted by Gasteiger charge is -2.33. The molecule has 0 aliphatic carbocycles. The molecule has 6 heteroatoms. The van der Waals surface area contributed by atoms with Crippen LogP contribution in [0.15, 0.2) is 0 Å². The molecule has 0 saturated carbocycles. The summed E-state index contributed by atoms with van der Waals surface area (Å²) < 4.78 is 0. The van der Waals surface area contributed by atoms with E-state index in [0.717, 1.165) is 18.0 Å². The number of urea groups is 1. The maximum absolute atomic E-state index is 12.0. The van der Waals surface area contributed by atoms with E-state index in [0.29, 0.717) is 19.6 Å². The second-order valence-corrected chi connectivity index (χ2v) is 4.17. The van der Waals surface area contributed by atoms with Gasteiger partial charge in [-0.05, 0) is 20.0 Å². The van der Waals surface area contributed by atoms with E-state index in [-0.39, 0.29) is 12.3 Å². The zero-order chi connectivity index (χ0) is 13.7. The Bertz CT molecular complexity index is 339. The molecule has 18 heavy (non-hydrogen) atoms. The Kier molecular flexibility index (Phi) is 5.27. The van der Waals surface area contributed by atoms with Crippen molar-refractivity contribution < 1.29 is 14.4 Å². The molecule has 0 bridgehead atoms. The third kappa shape index (κ3) is 3.07. The lowest BCUT2D eigenvalue weighted by atomic mass is 10.2. The number of nitrogens with zero attached hydrogens (tertiary/aromatic N) is 3. The lowest BCUT2D eigenvalue weighted by molar-refractivity contribution is -0.142. The normalized spacial score (nSPS) is 17.0. The van der Waals surface area contributed by atoms with Gasteiger partial charge < -0.3 is 4.90 Å². The molecule has 0 N–H and O–H groups in total. The van der Waals surface area contributed by atoms with Gasteiger partial charge in [0, 0.05) is 19.6 Å². The Labute approximate surface area is 108 Å². The number of barbiturate groups is 1. The smallest absolute Gasteiger partial charge is 0.302 e. The van der Waals surface area contributed by atoms with Crippen molar-refractivity contribution in [1.29, 1.82) is 0 Å². The summed E-state index contributed by atoms with van der Waals surface area (Å²) in [6.07, 6.45) is -0.197. The number of carbonyl (C=O) groups is 3. The predicted octanol–water partition coefficient (Wildman–Crippen LogP) is 0.529. The number of imide groups is 2. The van der Waals surface area contributed by atoms with Crippen LogP contribution in [-0.2, 0) is 9.59 Å². The zero-order valence-corrected chi connectivity index (χ0v) is 11.3. The Balaban J connectivity index is 2.66. The van der Waals surface area contributed by atoms with Gasteiger partial charge in [-0.15, -0.1) is 0 Å². The van der Waals surface area contributed by atoms with Gasteiger partial charge in [-0.25, -0.2) is 4.79 Å². The Hall–Kier alpha value is -1.43.